The van der Waals surface area contributed by atoms with Gasteiger partial charge >= 0.3 is 0 Å². The molecule has 0 atom stereocenters. The van der Waals surface area contributed by atoms with Crippen LogP contribution in [0.2, 0.25) is 0 Å². The van der Waals surface area contributed by atoms with E-state index in [1.54, 1.807) is 5.38 Å². The maximum atomic E-state index is 12.6. The van der Waals surface area contributed by atoms with Crippen LogP contribution in [0.25, 0.3) is 0 Å². The molecule has 1 N–H and O–H groups in total. The Kier molecular flexibility index (Phi) is 5.06. The second kappa shape index (κ2) is 6.46. The molecular formula is C14H22N2O3S2. The fourth-order valence-corrected chi connectivity index (χ4v) is 4.91. The van der Waals surface area contributed by atoms with Crippen LogP contribution in [0.1, 0.15) is 43.3 Å². The first-order chi connectivity index (χ1) is 9.80. The van der Waals surface area contributed by atoms with Gasteiger partial charge in [0.2, 0.25) is 10.0 Å². The van der Waals surface area contributed by atoms with Crippen LogP contribution in [0.5, 0.6) is 0 Å². The van der Waals surface area contributed by atoms with Crippen molar-refractivity contribution in [1.29, 1.82) is 0 Å². The summed E-state index contributed by atoms with van der Waals surface area (Å²) in [6.45, 7) is 7.01. The molecule has 1 aliphatic heterocycles. The number of hydrogen-bond donors (Lipinski definition) is 1. The number of sulfonamides is 1. The maximum absolute atomic E-state index is 12.6. The Labute approximate surface area is 130 Å². The molecule has 1 saturated heterocycles. The lowest BCUT2D eigenvalue weighted by Gasteiger charge is -2.29. The third-order valence-electron chi connectivity index (χ3n) is 3.60. The van der Waals surface area contributed by atoms with Gasteiger partial charge in [0.1, 0.15) is 0 Å². The zero-order chi connectivity index (χ0) is 15.6. The molecule has 0 spiro atoms. The molecule has 1 aromatic heterocycles. The van der Waals surface area contributed by atoms with Crippen molar-refractivity contribution in [1.82, 2.24) is 9.62 Å². The summed E-state index contributed by atoms with van der Waals surface area (Å²) in [5.74, 6) is 0.357. The van der Waals surface area contributed by atoms with Crippen molar-refractivity contribution in [2.75, 3.05) is 13.1 Å². The first kappa shape index (κ1) is 16.5. The van der Waals surface area contributed by atoms with E-state index in [1.807, 2.05) is 13.8 Å². The summed E-state index contributed by atoms with van der Waals surface area (Å²) in [7, 11) is -3.46. The van der Waals surface area contributed by atoms with Gasteiger partial charge in [-0.25, -0.2) is 8.42 Å². The Morgan fingerprint density at radius 1 is 1.38 bits per heavy atom. The van der Waals surface area contributed by atoms with E-state index in [9.17, 15) is 13.2 Å². The third-order valence-corrected chi connectivity index (χ3v) is 6.55. The molecule has 0 radical (unpaired) electrons. The molecule has 0 saturated carbocycles. The van der Waals surface area contributed by atoms with Gasteiger partial charge in [-0.1, -0.05) is 6.92 Å². The number of amides is 1. The van der Waals surface area contributed by atoms with E-state index in [1.165, 1.54) is 21.7 Å². The van der Waals surface area contributed by atoms with E-state index in [4.69, 9.17) is 0 Å². The zero-order valence-corrected chi connectivity index (χ0v) is 14.3. The zero-order valence-electron chi connectivity index (χ0n) is 12.6. The van der Waals surface area contributed by atoms with Crippen molar-refractivity contribution in [2.24, 2.45) is 5.92 Å². The smallest absolute Gasteiger partial charge is 0.261 e. The lowest BCUT2D eigenvalue weighted by molar-refractivity contribution is 0.0947. The van der Waals surface area contributed by atoms with Crippen LogP contribution in [0, 0.1) is 5.92 Å². The molecule has 5 nitrogen and oxygen atoms in total. The molecule has 118 valence electrons. The summed E-state index contributed by atoms with van der Waals surface area (Å²) in [5.41, 5.74) is 0. The predicted octanol–water partition coefficient (Wildman–Crippen LogP) is 2.31. The van der Waals surface area contributed by atoms with E-state index in [0.717, 1.165) is 12.8 Å². The van der Waals surface area contributed by atoms with Gasteiger partial charge < -0.3 is 5.32 Å². The highest BCUT2D eigenvalue weighted by Gasteiger charge is 2.29. The number of carbonyl (C=O) groups is 1. The normalized spacial score (nSPS) is 18.1. The highest BCUT2D eigenvalue weighted by Crippen LogP contribution is 2.26. The first-order valence-electron chi connectivity index (χ1n) is 7.20. The summed E-state index contributed by atoms with van der Waals surface area (Å²) < 4.78 is 26.6. The van der Waals surface area contributed by atoms with Gasteiger partial charge in [-0.05, 0) is 38.7 Å². The van der Waals surface area contributed by atoms with Gasteiger partial charge in [0.05, 0.1) is 9.77 Å². The number of hydrogen-bond acceptors (Lipinski definition) is 4. The van der Waals surface area contributed by atoms with Crippen LogP contribution in [0.15, 0.2) is 16.3 Å². The number of carbonyl (C=O) groups excluding carboxylic acids is 1. The van der Waals surface area contributed by atoms with Crippen molar-refractivity contribution < 1.29 is 13.2 Å². The molecule has 0 aliphatic carbocycles. The Hall–Kier alpha value is -0.920. The fraction of sp³-hybridized carbons (Fsp3) is 0.643. The third kappa shape index (κ3) is 3.84. The highest BCUT2D eigenvalue weighted by molar-refractivity contribution is 7.89. The summed E-state index contributed by atoms with van der Waals surface area (Å²) in [5, 5.41) is 4.33. The van der Waals surface area contributed by atoms with E-state index in [0.29, 0.717) is 23.9 Å². The van der Waals surface area contributed by atoms with E-state index in [-0.39, 0.29) is 16.8 Å². The van der Waals surface area contributed by atoms with Gasteiger partial charge in [0.25, 0.3) is 5.91 Å². The predicted molar refractivity (Wildman–Crippen MR) is 84.1 cm³/mol. The van der Waals surface area contributed by atoms with Crippen LogP contribution >= 0.6 is 11.3 Å². The Morgan fingerprint density at radius 3 is 2.57 bits per heavy atom. The summed E-state index contributed by atoms with van der Waals surface area (Å²) in [4.78, 5) is 12.6. The Morgan fingerprint density at radius 2 is 2.00 bits per heavy atom. The van der Waals surface area contributed by atoms with Gasteiger partial charge in [-0.15, -0.1) is 11.3 Å². The lowest BCUT2D eigenvalue weighted by atomic mass is 10.0. The van der Waals surface area contributed by atoms with Crippen molar-refractivity contribution in [3.63, 3.8) is 0 Å². The highest BCUT2D eigenvalue weighted by atomic mass is 32.2. The number of nitrogens with one attached hydrogen (secondary N) is 1. The minimum absolute atomic E-state index is 0.0308. The molecule has 1 aliphatic rings. The average Bonchev–Trinajstić information content (AvgIpc) is 2.88. The molecule has 0 aromatic carbocycles. The number of thiophene rings is 1. The quantitative estimate of drug-likeness (QED) is 0.921. The standard InChI is InChI=1S/C14H22N2O3S2/c1-10(2)15-14(17)13-8-12(9-20-13)21(18,19)16-6-4-11(3)5-7-16/h8-11H,4-7H2,1-3H3,(H,15,17). The molecule has 0 unspecified atom stereocenters. The Balaban J connectivity index is 2.14. The van der Waals surface area contributed by atoms with Gasteiger partial charge in [-0.3, -0.25) is 4.79 Å². The van der Waals surface area contributed by atoms with Crippen molar-refractivity contribution in [2.45, 2.75) is 44.6 Å². The second-order valence-electron chi connectivity index (χ2n) is 5.86. The van der Waals surface area contributed by atoms with E-state index >= 15 is 0 Å². The number of nitrogens with zero attached hydrogens (tertiary/aromatic N) is 1. The molecule has 7 heteroatoms. The largest absolute Gasteiger partial charge is 0.349 e. The molecule has 1 amide bonds. The van der Waals surface area contributed by atoms with Crippen LogP contribution in [0.4, 0.5) is 0 Å². The molecule has 2 heterocycles. The average molecular weight is 330 g/mol. The molecule has 1 aromatic rings. The van der Waals surface area contributed by atoms with Crippen LogP contribution < -0.4 is 5.32 Å². The monoisotopic (exact) mass is 330 g/mol. The summed E-state index contributed by atoms with van der Waals surface area (Å²) in [6.07, 6.45) is 1.79. The molecule has 2 rings (SSSR count). The maximum Gasteiger partial charge on any atom is 0.261 e. The summed E-state index contributed by atoms with van der Waals surface area (Å²) in [6, 6.07) is 1.51. The molecular weight excluding hydrogens is 308 g/mol. The van der Waals surface area contributed by atoms with Crippen LogP contribution in [0.3, 0.4) is 0 Å². The first-order valence-corrected chi connectivity index (χ1v) is 9.52. The van der Waals surface area contributed by atoms with Gasteiger partial charge in [0, 0.05) is 24.5 Å². The Bertz CT molecular complexity index is 599. The van der Waals surface area contributed by atoms with Crippen molar-refractivity contribution in [3.05, 3.63) is 16.3 Å². The van der Waals surface area contributed by atoms with Crippen LogP contribution in [-0.2, 0) is 10.0 Å². The topological polar surface area (TPSA) is 66.5 Å². The summed E-state index contributed by atoms with van der Waals surface area (Å²) >= 11 is 1.17. The lowest BCUT2D eigenvalue weighted by Crippen LogP contribution is -2.37. The van der Waals surface area contributed by atoms with E-state index in [2.05, 4.69) is 12.2 Å². The molecule has 21 heavy (non-hydrogen) atoms. The van der Waals surface area contributed by atoms with Crippen LogP contribution in [-0.4, -0.2) is 37.8 Å². The van der Waals surface area contributed by atoms with Crippen molar-refractivity contribution >= 4 is 27.3 Å². The van der Waals surface area contributed by atoms with Crippen molar-refractivity contribution in [3.8, 4) is 0 Å². The minimum Gasteiger partial charge on any atom is -0.349 e. The van der Waals surface area contributed by atoms with E-state index < -0.39 is 10.0 Å². The molecule has 1 fully saturated rings. The fourth-order valence-electron chi connectivity index (χ4n) is 2.28. The van der Waals surface area contributed by atoms with Gasteiger partial charge in [0.15, 0.2) is 0 Å². The second-order valence-corrected chi connectivity index (χ2v) is 8.71. The van der Waals surface area contributed by atoms with Gasteiger partial charge in [-0.2, -0.15) is 4.31 Å². The minimum atomic E-state index is -3.46. The number of piperidine rings is 1. The SMILES string of the molecule is CC1CCN(S(=O)(=O)c2csc(C(=O)NC(C)C)c2)CC1. The number of rotatable bonds is 4. The molecule has 0 bridgehead atoms.